The van der Waals surface area contributed by atoms with Crippen LogP contribution in [-0.2, 0) is 19.6 Å². The van der Waals surface area contributed by atoms with Crippen molar-refractivity contribution in [3.63, 3.8) is 0 Å². The maximum absolute atomic E-state index is 14.0. The summed E-state index contributed by atoms with van der Waals surface area (Å²) < 4.78 is 35.2. The van der Waals surface area contributed by atoms with Gasteiger partial charge in [-0.2, -0.15) is 4.31 Å². The van der Waals surface area contributed by atoms with Crippen LogP contribution in [0.25, 0.3) is 10.2 Å². The molecular formula is C26H31N3O4S2. The van der Waals surface area contributed by atoms with Gasteiger partial charge in [-0.25, -0.2) is 13.4 Å². The number of benzene rings is 2. The highest BCUT2D eigenvalue weighted by Gasteiger charge is 2.42. The first kappa shape index (κ1) is 24.4. The molecule has 0 saturated carbocycles. The number of nitrogens with zero attached hydrogens (tertiary/aromatic N) is 3. The quantitative estimate of drug-likeness (QED) is 0.482. The minimum Gasteiger partial charge on any atom is -0.376 e. The van der Waals surface area contributed by atoms with Crippen molar-refractivity contribution in [3.05, 3.63) is 53.1 Å². The van der Waals surface area contributed by atoms with Gasteiger partial charge in [-0.05, 0) is 81.8 Å². The van der Waals surface area contributed by atoms with E-state index in [9.17, 15) is 13.2 Å². The Kier molecular flexibility index (Phi) is 6.69. The van der Waals surface area contributed by atoms with E-state index in [0.717, 1.165) is 34.2 Å². The predicted octanol–water partition coefficient (Wildman–Crippen LogP) is 4.59. The molecule has 2 unspecified atom stereocenters. The molecule has 1 aromatic heterocycles. The van der Waals surface area contributed by atoms with E-state index in [0.29, 0.717) is 37.7 Å². The monoisotopic (exact) mass is 513 g/mol. The van der Waals surface area contributed by atoms with Gasteiger partial charge >= 0.3 is 0 Å². The van der Waals surface area contributed by atoms with Gasteiger partial charge in [-0.3, -0.25) is 9.69 Å². The summed E-state index contributed by atoms with van der Waals surface area (Å²) in [5, 5.41) is 0.602. The molecule has 0 spiro atoms. The molecule has 2 fully saturated rings. The van der Waals surface area contributed by atoms with Crippen LogP contribution in [0.4, 0.5) is 5.13 Å². The molecule has 1 amide bonds. The standard InChI is InChI=1S/C26H31N3O4S2/c1-17-8-10-21(11-9-17)35(31,32)29-12-4-7-23(29)25(30)28(16-20-6-5-13-33-20)26-27-22-14-18(2)19(3)15-24(22)34-26/h8-11,14-15,20,23H,4-7,12-13,16H2,1-3H3. The molecule has 5 rings (SSSR count). The van der Waals surface area contributed by atoms with Gasteiger partial charge in [0.1, 0.15) is 6.04 Å². The molecule has 3 heterocycles. The molecule has 0 aliphatic carbocycles. The molecule has 0 radical (unpaired) electrons. The summed E-state index contributed by atoms with van der Waals surface area (Å²) in [6, 6.07) is 10.2. The topological polar surface area (TPSA) is 79.8 Å². The highest BCUT2D eigenvalue weighted by Crippen LogP contribution is 2.34. The fourth-order valence-electron chi connectivity index (χ4n) is 4.84. The van der Waals surface area contributed by atoms with Crippen LogP contribution in [0.3, 0.4) is 0 Å². The smallest absolute Gasteiger partial charge is 0.247 e. The van der Waals surface area contributed by atoms with Crippen LogP contribution in [0.2, 0.25) is 0 Å². The molecule has 0 N–H and O–H groups in total. The van der Waals surface area contributed by atoms with E-state index in [-0.39, 0.29) is 16.9 Å². The Balaban J connectivity index is 1.49. The zero-order chi connectivity index (χ0) is 24.7. The minimum absolute atomic E-state index is 0.0713. The van der Waals surface area contributed by atoms with Crippen molar-refractivity contribution in [1.82, 2.24) is 9.29 Å². The molecule has 35 heavy (non-hydrogen) atoms. The summed E-state index contributed by atoms with van der Waals surface area (Å²) in [6.07, 6.45) is 2.91. The third kappa shape index (κ3) is 4.74. The molecular weight excluding hydrogens is 482 g/mol. The summed E-state index contributed by atoms with van der Waals surface area (Å²) >= 11 is 1.48. The van der Waals surface area contributed by atoms with E-state index in [1.54, 1.807) is 29.2 Å². The first-order valence-corrected chi connectivity index (χ1v) is 14.4. The Morgan fingerprint density at radius 2 is 1.86 bits per heavy atom. The van der Waals surface area contributed by atoms with E-state index >= 15 is 0 Å². The number of aryl methyl sites for hydroxylation is 3. The van der Waals surface area contributed by atoms with Crippen molar-refractivity contribution in [3.8, 4) is 0 Å². The second kappa shape index (κ2) is 9.61. The number of ether oxygens (including phenoxy) is 1. The van der Waals surface area contributed by atoms with E-state index in [2.05, 4.69) is 19.9 Å². The van der Waals surface area contributed by atoms with Crippen molar-refractivity contribution in [2.24, 2.45) is 0 Å². The fourth-order valence-corrected chi connectivity index (χ4v) is 7.55. The molecule has 2 aliphatic heterocycles. The lowest BCUT2D eigenvalue weighted by atomic mass is 10.1. The summed E-state index contributed by atoms with van der Waals surface area (Å²) in [6.45, 7) is 7.43. The Morgan fingerprint density at radius 1 is 1.11 bits per heavy atom. The maximum atomic E-state index is 14.0. The third-order valence-electron chi connectivity index (χ3n) is 7.02. The number of amides is 1. The molecule has 2 saturated heterocycles. The van der Waals surface area contributed by atoms with Crippen molar-refractivity contribution >= 4 is 42.6 Å². The van der Waals surface area contributed by atoms with E-state index < -0.39 is 16.1 Å². The van der Waals surface area contributed by atoms with Gasteiger partial charge in [0.15, 0.2) is 5.13 Å². The third-order valence-corrected chi connectivity index (χ3v) is 9.98. The number of anilines is 1. The molecule has 2 atom stereocenters. The Bertz CT molecular complexity index is 1310. The number of hydrogen-bond acceptors (Lipinski definition) is 6. The second-order valence-corrected chi connectivity index (χ2v) is 12.5. The lowest BCUT2D eigenvalue weighted by Crippen LogP contribution is -2.49. The highest BCUT2D eigenvalue weighted by molar-refractivity contribution is 7.89. The Hall–Kier alpha value is -2.33. The lowest BCUT2D eigenvalue weighted by molar-refractivity contribution is -0.122. The van der Waals surface area contributed by atoms with E-state index in [4.69, 9.17) is 9.72 Å². The molecule has 0 bridgehead atoms. The molecule has 3 aromatic rings. The zero-order valence-corrected chi connectivity index (χ0v) is 22.0. The average Bonchev–Trinajstić information content (AvgIpc) is 3.58. The highest BCUT2D eigenvalue weighted by atomic mass is 32.2. The Labute approximate surface area is 210 Å². The van der Waals surface area contributed by atoms with Gasteiger partial charge in [-0.1, -0.05) is 29.0 Å². The molecule has 2 aliphatic rings. The number of thiazole rings is 1. The van der Waals surface area contributed by atoms with Gasteiger partial charge in [-0.15, -0.1) is 0 Å². The second-order valence-electron chi connectivity index (χ2n) is 9.57. The average molecular weight is 514 g/mol. The van der Waals surface area contributed by atoms with Crippen LogP contribution < -0.4 is 4.90 Å². The van der Waals surface area contributed by atoms with Crippen molar-refractivity contribution < 1.29 is 17.9 Å². The van der Waals surface area contributed by atoms with Crippen LogP contribution >= 0.6 is 11.3 Å². The molecule has 2 aromatic carbocycles. The first-order chi connectivity index (χ1) is 16.7. The van der Waals surface area contributed by atoms with Crippen LogP contribution in [0.5, 0.6) is 0 Å². The minimum atomic E-state index is -3.79. The first-order valence-electron chi connectivity index (χ1n) is 12.1. The summed E-state index contributed by atoms with van der Waals surface area (Å²) in [5.41, 5.74) is 4.17. The molecule has 186 valence electrons. The number of carbonyl (C=O) groups excluding carboxylic acids is 1. The molecule has 7 nitrogen and oxygen atoms in total. The predicted molar refractivity (Wildman–Crippen MR) is 139 cm³/mol. The van der Waals surface area contributed by atoms with Crippen LogP contribution in [0, 0.1) is 20.8 Å². The number of sulfonamides is 1. The van der Waals surface area contributed by atoms with E-state index in [1.807, 2.05) is 13.0 Å². The van der Waals surface area contributed by atoms with E-state index in [1.165, 1.54) is 21.2 Å². The summed E-state index contributed by atoms with van der Waals surface area (Å²) in [5.74, 6) is -0.221. The largest absolute Gasteiger partial charge is 0.376 e. The molecule has 9 heteroatoms. The van der Waals surface area contributed by atoms with Crippen LogP contribution in [0.1, 0.15) is 42.4 Å². The van der Waals surface area contributed by atoms with Crippen molar-refractivity contribution in [2.45, 2.75) is 63.5 Å². The number of rotatable bonds is 6. The van der Waals surface area contributed by atoms with Gasteiger partial charge in [0.2, 0.25) is 15.9 Å². The fraction of sp³-hybridized carbons (Fsp3) is 0.462. The van der Waals surface area contributed by atoms with Crippen molar-refractivity contribution in [2.75, 3.05) is 24.6 Å². The number of fused-ring (bicyclic) bond motifs is 1. The number of hydrogen-bond donors (Lipinski definition) is 0. The van der Waals surface area contributed by atoms with Crippen LogP contribution in [0.15, 0.2) is 41.3 Å². The summed E-state index contributed by atoms with van der Waals surface area (Å²) in [7, 11) is -3.79. The van der Waals surface area contributed by atoms with Gasteiger partial charge in [0, 0.05) is 13.2 Å². The lowest BCUT2D eigenvalue weighted by Gasteiger charge is -2.29. The van der Waals surface area contributed by atoms with Gasteiger partial charge < -0.3 is 4.74 Å². The SMILES string of the molecule is Cc1ccc(S(=O)(=O)N2CCCC2C(=O)N(CC2CCCO2)c2nc3cc(C)c(C)cc3s2)cc1. The number of aromatic nitrogens is 1. The van der Waals surface area contributed by atoms with Crippen LogP contribution in [-0.4, -0.2) is 55.5 Å². The zero-order valence-electron chi connectivity index (χ0n) is 20.4. The normalized spacial score (nSPS) is 21.1. The Morgan fingerprint density at radius 3 is 2.57 bits per heavy atom. The summed E-state index contributed by atoms with van der Waals surface area (Å²) in [4.78, 5) is 20.7. The maximum Gasteiger partial charge on any atom is 0.247 e. The van der Waals surface area contributed by atoms with Gasteiger partial charge in [0.05, 0.1) is 27.8 Å². The van der Waals surface area contributed by atoms with Crippen molar-refractivity contribution in [1.29, 1.82) is 0 Å². The number of carbonyl (C=O) groups is 1. The van der Waals surface area contributed by atoms with Gasteiger partial charge in [0.25, 0.3) is 0 Å².